The van der Waals surface area contributed by atoms with E-state index in [0.29, 0.717) is 29.4 Å². The van der Waals surface area contributed by atoms with E-state index in [1.807, 2.05) is 31.2 Å². The van der Waals surface area contributed by atoms with Crippen LogP contribution in [-0.4, -0.2) is 25.0 Å². The quantitative estimate of drug-likeness (QED) is 0.326. The Hall–Kier alpha value is -2.73. The zero-order valence-corrected chi connectivity index (χ0v) is 19.1. The Labute approximate surface area is 189 Å². The Morgan fingerprint density at radius 1 is 0.871 bits per heavy atom. The SMILES string of the molecule is CCCCCCOc1ccc(NCC(=O)Nc2cc(NC(=O)CCC)ccc2Cl)cc1. The number of hydrogen-bond donors (Lipinski definition) is 3. The molecule has 6 nitrogen and oxygen atoms in total. The van der Waals surface area contributed by atoms with Crippen molar-refractivity contribution in [2.75, 3.05) is 29.1 Å². The zero-order valence-electron chi connectivity index (χ0n) is 18.3. The van der Waals surface area contributed by atoms with Gasteiger partial charge in [-0.05, 0) is 55.3 Å². The molecule has 0 unspecified atom stereocenters. The Kier molecular flexibility index (Phi) is 10.7. The lowest BCUT2D eigenvalue weighted by atomic mass is 10.2. The standard InChI is InChI=1S/C24H32ClN3O3/c1-3-5-6-7-15-31-20-12-9-18(10-13-20)26-17-24(30)28-22-16-19(11-14-21(22)25)27-23(29)8-4-2/h9-14,16,26H,3-8,15,17H2,1-2H3,(H,27,29)(H,28,30). The Bertz CT molecular complexity index is 840. The number of carbonyl (C=O) groups excluding carboxylic acids is 2. The van der Waals surface area contributed by atoms with Crippen molar-refractivity contribution in [2.24, 2.45) is 0 Å². The van der Waals surface area contributed by atoms with Gasteiger partial charge in [0.2, 0.25) is 11.8 Å². The summed E-state index contributed by atoms with van der Waals surface area (Å²) in [4.78, 5) is 24.1. The summed E-state index contributed by atoms with van der Waals surface area (Å²) >= 11 is 6.18. The molecular weight excluding hydrogens is 414 g/mol. The first-order chi connectivity index (χ1) is 15.0. The van der Waals surface area contributed by atoms with E-state index < -0.39 is 0 Å². The van der Waals surface area contributed by atoms with Crippen molar-refractivity contribution in [3.05, 3.63) is 47.5 Å². The summed E-state index contributed by atoms with van der Waals surface area (Å²) in [6.45, 7) is 4.93. The molecule has 31 heavy (non-hydrogen) atoms. The predicted octanol–water partition coefficient (Wildman–Crippen LogP) is 6.09. The fraction of sp³-hybridized carbons (Fsp3) is 0.417. The minimum atomic E-state index is -0.241. The Morgan fingerprint density at radius 3 is 2.32 bits per heavy atom. The van der Waals surface area contributed by atoms with Crippen molar-refractivity contribution < 1.29 is 14.3 Å². The lowest BCUT2D eigenvalue weighted by Crippen LogP contribution is -2.22. The molecule has 0 saturated heterocycles. The second kappa shape index (κ2) is 13.5. The number of rotatable bonds is 13. The third-order valence-electron chi connectivity index (χ3n) is 4.58. The fourth-order valence-electron chi connectivity index (χ4n) is 2.91. The van der Waals surface area contributed by atoms with Crippen LogP contribution in [0.4, 0.5) is 17.1 Å². The van der Waals surface area contributed by atoms with E-state index in [2.05, 4.69) is 22.9 Å². The van der Waals surface area contributed by atoms with Crippen molar-refractivity contribution in [3.63, 3.8) is 0 Å². The minimum Gasteiger partial charge on any atom is -0.494 e. The molecule has 0 bridgehead atoms. The molecule has 2 amide bonds. The molecule has 3 N–H and O–H groups in total. The van der Waals surface area contributed by atoms with Crippen LogP contribution in [0.2, 0.25) is 5.02 Å². The lowest BCUT2D eigenvalue weighted by molar-refractivity contribution is -0.116. The number of benzene rings is 2. The third-order valence-corrected chi connectivity index (χ3v) is 4.90. The Balaban J connectivity index is 1.80. The monoisotopic (exact) mass is 445 g/mol. The number of hydrogen-bond acceptors (Lipinski definition) is 4. The van der Waals surface area contributed by atoms with Gasteiger partial charge in [-0.3, -0.25) is 9.59 Å². The van der Waals surface area contributed by atoms with Crippen LogP contribution in [0.25, 0.3) is 0 Å². The van der Waals surface area contributed by atoms with Gasteiger partial charge in [0.1, 0.15) is 5.75 Å². The number of nitrogens with one attached hydrogen (secondary N) is 3. The van der Waals surface area contributed by atoms with Gasteiger partial charge in [-0.15, -0.1) is 0 Å². The van der Waals surface area contributed by atoms with E-state index >= 15 is 0 Å². The second-order valence-corrected chi connectivity index (χ2v) is 7.74. The number of unbranched alkanes of at least 4 members (excludes halogenated alkanes) is 3. The summed E-state index contributed by atoms with van der Waals surface area (Å²) in [5.74, 6) is 0.507. The van der Waals surface area contributed by atoms with E-state index in [1.54, 1.807) is 18.2 Å². The molecule has 7 heteroatoms. The van der Waals surface area contributed by atoms with Crippen molar-refractivity contribution in [1.82, 2.24) is 0 Å². The summed E-state index contributed by atoms with van der Waals surface area (Å²) in [6.07, 6.45) is 5.89. The van der Waals surface area contributed by atoms with Crippen LogP contribution < -0.4 is 20.7 Å². The summed E-state index contributed by atoms with van der Waals surface area (Å²) < 4.78 is 5.73. The Morgan fingerprint density at radius 2 is 1.61 bits per heavy atom. The van der Waals surface area contributed by atoms with Gasteiger partial charge in [-0.2, -0.15) is 0 Å². The maximum Gasteiger partial charge on any atom is 0.243 e. The highest BCUT2D eigenvalue weighted by molar-refractivity contribution is 6.33. The fourth-order valence-corrected chi connectivity index (χ4v) is 3.08. The molecular formula is C24H32ClN3O3. The smallest absolute Gasteiger partial charge is 0.243 e. The average Bonchev–Trinajstić information content (AvgIpc) is 2.75. The molecule has 0 heterocycles. The van der Waals surface area contributed by atoms with Gasteiger partial charge in [0.05, 0.1) is 23.9 Å². The number of carbonyl (C=O) groups is 2. The first-order valence-electron chi connectivity index (χ1n) is 10.9. The number of amides is 2. The van der Waals surface area contributed by atoms with E-state index in [4.69, 9.17) is 16.3 Å². The molecule has 0 atom stereocenters. The molecule has 0 aliphatic carbocycles. The average molecular weight is 446 g/mol. The van der Waals surface area contributed by atoms with Gasteiger partial charge < -0.3 is 20.7 Å². The van der Waals surface area contributed by atoms with Crippen molar-refractivity contribution >= 4 is 40.5 Å². The minimum absolute atomic E-state index is 0.0721. The van der Waals surface area contributed by atoms with E-state index in [0.717, 1.165) is 24.3 Å². The maximum absolute atomic E-state index is 12.3. The van der Waals surface area contributed by atoms with Crippen molar-refractivity contribution in [3.8, 4) is 5.75 Å². The molecule has 2 aromatic carbocycles. The molecule has 2 rings (SSSR count). The largest absolute Gasteiger partial charge is 0.494 e. The molecule has 2 aromatic rings. The first-order valence-corrected chi connectivity index (χ1v) is 11.3. The van der Waals surface area contributed by atoms with Crippen LogP contribution in [0.3, 0.4) is 0 Å². The summed E-state index contributed by atoms with van der Waals surface area (Å²) in [7, 11) is 0. The van der Waals surface area contributed by atoms with Crippen LogP contribution in [0, 0.1) is 0 Å². The van der Waals surface area contributed by atoms with Gasteiger partial charge in [-0.1, -0.05) is 44.7 Å². The van der Waals surface area contributed by atoms with E-state index in [1.165, 1.54) is 19.3 Å². The van der Waals surface area contributed by atoms with Gasteiger partial charge in [0.25, 0.3) is 0 Å². The lowest BCUT2D eigenvalue weighted by Gasteiger charge is -2.12. The summed E-state index contributed by atoms with van der Waals surface area (Å²) in [5.41, 5.74) is 1.87. The van der Waals surface area contributed by atoms with Crippen LogP contribution >= 0.6 is 11.6 Å². The van der Waals surface area contributed by atoms with E-state index in [9.17, 15) is 9.59 Å². The van der Waals surface area contributed by atoms with Crippen LogP contribution in [0.15, 0.2) is 42.5 Å². The zero-order chi connectivity index (χ0) is 22.5. The molecule has 0 radical (unpaired) electrons. The maximum atomic E-state index is 12.3. The summed E-state index contributed by atoms with van der Waals surface area (Å²) in [5, 5.41) is 9.05. The van der Waals surface area contributed by atoms with Crippen molar-refractivity contribution in [2.45, 2.75) is 52.4 Å². The second-order valence-electron chi connectivity index (χ2n) is 7.33. The summed E-state index contributed by atoms with van der Waals surface area (Å²) in [6, 6.07) is 12.5. The first kappa shape index (κ1) is 24.5. The van der Waals surface area contributed by atoms with E-state index in [-0.39, 0.29) is 18.4 Å². The highest BCUT2D eigenvalue weighted by Crippen LogP contribution is 2.26. The van der Waals surface area contributed by atoms with Crippen LogP contribution in [0.5, 0.6) is 5.75 Å². The highest BCUT2D eigenvalue weighted by atomic mass is 35.5. The number of halogens is 1. The van der Waals surface area contributed by atoms with Crippen LogP contribution in [0.1, 0.15) is 52.4 Å². The third kappa shape index (κ3) is 9.30. The molecule has 0 aromatic heterocycles. The molecule has 0 spiro atoms. The van der Waals surface area contributed by atoms with Gasteiger partial charge in [0.15, 0.2) is 0 Å². The van der Waals surface area contributed by atoms with Crippen LogP contribution in [-0.2, 0) is 9.59 Å². The van der Waals surface area contributed by atoms with Gasteiger partial charge in [-0.25, -0.2) is 0 Å². The normalized spacial score (nSPS) is 10.4. The predicted molar refractivity (Wildman–Crippen MR) is 128 cm³/mol. The molecule has 0 aliphatic rings. The number of anilines is 3. The topological polar surface area (TPSA) is 79.5 Å². The molecule has 0 fully saturated rings. The highest BCUT2D eigenvalue weighted by Gasteiger charge is 2.09. The molecule has 0 aliphatic heterocycles. The molecule has 0 saturated carbocycles. The molecule has 168 valence electrons. The van der Waals surface area contributed by atoms with Gasteiger partial charge in [0, 0.05) is 17.8 Å². The van der Waals surface area contributed by atoms with Gasteiger partial charge >= 0.3 is 0 Å². The number of ether oxygens (including phenoxy) is 1. The van der Waals surface area contributed by atoms with Crippen molar-refractivity contribution in [1.29, 1.82) is 0 Å².